The number of anilines is 1. The summed E-state index contributed by atoms with van der Waals surface area (Å²) in [5.41, 5.74) is 0.719. The van der Waals surface area contributed by atoms with E-state index in [0.29, 0.717) is 11.0 Å². The zero-order chi connectivity index (χ0) is 15.0. The zero-order valence-electron chi connectivity index (χ0n) is 12.8. The van der Waals surface area contributed by atoms with Crippen LogP contribution in [0.2, 0.25) is 0 Å². The number of hydrogen-bond acceptors (Lipinski definition) is 3. The van der Waals surface area contributed by atoms with Gasteiger partial charge in [0, 0.05) is 13.1 Å². The lowest BCUT2D eigenvalue weighted by Crippen LogP contribution is -2.23. The zero-order valence-corrected chi connectivity index (χ0v) is 14.4. The lowest BCUT2D eigenvalue weighted by atomic mass is 10.0. The molecule has 1 heterocycles. The van der Waals surface area contributed by atoms with Crippen molar-refractivity contribution < 1.29 is 0 Å². The van der Waals surface area contributed by atoms with E-state index in [4.69, 9.17) is 0 Å². The molecule has 114 valence electrons. The van der Waals surface area contributed by atoms with E-state index >= 15 is 0 Å². The highest BCUT2D eigenvalue weighted by Gasteiger charge is 2.06. The van der Waals surface area contributed by atoms with E-state index in [1.54, 1.807) is 6.20 Å². The number of nitrogens with one attached hydrogen (secondary N) is 1. The van der Waals surface area contributed by atoms with Gasteiger partial charge in [0.25, 0.3) is 5.56 Å². The molecular formula is C15H26BrN3O. The summed E-state index contributed by atoms with van der Waals surface area (Å²) in [6.45, 7) is 7.92. The van der Waals surface area contributed by atoms with Crippen LogP contribution in [0.4, 0.5) is 5.69 Å². The summed E-state index contributed by atoms with van der Waals surface area (Å²) in [5.74, 6) is 0.806. The summed E-state index contributed by atoms with van der Waals surface area (Å²) in [5, 5.41) is 7.40. The van der Waals surface area contributed by atoms with Gasteiger partial charge in [-0.1, -0.05) is 39.5 Å². The Morgan fingerprint density at radius 3 is 2.65 bits per heavy atom. The third-order valence-corrected chi connectivity index (χ3v) is 4.07. The van der Waals surface area contributed by atoms with Gasteiger partial charge in [-0.2, -0.15) is 5.10 Å². The first-order valence-corrected chi connectivity index (χ1v) is 8.35. The second kappa shape index (κ2) is 9.16. The van der Waals surface area contributed by atoms with Gasteiger partial charge in [-0.25, -0.2) is 4.68 Å². The number of aromatic nitrogens is 2. The Labute approximate surface area is 130 Å². The SMILES string of the molecule is CCn1ncc(NCCCCCCC(C)C)c(Br)c1=O. The maximum Gasteiger partial charge on any atom is 0.283 e. The van der Waals surface area contributed by atoms with Crippen molar-refractivity contribution in [3.05, 3.63) is 21.0 Å². The predicted molar refractivity (Wildman–Crippen MR) is 88.3 cm³/mol. The molecule has 1 aromatic heterocycles. The average Bonchev–Trinajstić information content (AvgIpc) is 2.42. The van der Waals surface area contributed by atoms with Crippen LogP contribution in [0.5, 0.6) is 0 Å². The fraction of sp³-hybridized carbons (Fsp3) is 0.733. The van der Waals surface area contributed by atoms with Crippen LogP contribution in [-0.2, 0) is 6.54 Å². The second-order valence-electron chi connectivity index (χ2n) is 5.52. The quantitative estimate of drug-likeness (QED) is 0.688. The average molecular weight is 344 g/mol. The molecule has 0 saturated heterocycles. The minimum absolute atomic E-state index is 0.0746. The van der Waals surface area contributed by atoms with Crippen molar-refractivity contribution in [2.24, 2.45) is 5.92 Å². The van der Waals surface area contributed by atoms with Gasteiger partial charge in [-0.15, -0.1) is 0 Å². The summed E-state index contributed by atoms with van der Waals surface area (Å²) in [4.78, 5) is 11.9. The molecule has 0 radical (unpaired) electrons. The maximum atomic E-state index is 11.9. The van der Waals surface area contributed by atoms with Gasteiger partial charge >= 0.3 is 0 Å². The third kappa shape index (κ3) is 5.65. The lowest BCUT2D eigenvalue weighted by Gasteiger charge is -2.09. The number of rotatable bonds is 9. The highest BCUT2D eigenvalue weighted by molar-refractivity contribution is 9.10. The van der Waals surface area contributed by atoms with E-state index < -0.39 is 0 Å². The van der Waals surface area contributed by atoms with Crippen LogP contribution in [0, 0.1) is 5.92 Å². The Balaban J connectivity index is 2.29. The normalized spacial score (nSPS) is 11.1. The van der Waals surface area contributed by atoms with Crippen molar-refractivity contribution in [2.75, 3.05) is 11.9 Å². The van der Waals surface area contributed by atoms with E-state index in [9.17, 15) is 4.79 Å². The van der Waals surface area contributed by atoms with Gasteiger partial charge in [-0.3, -0.25) is 4.79 Å². The Morgan fingerprint density at radius 2 is 2.00 bits per heavy atom. The number of nitrogens with zero attached hydrogens (tertiary/aromatic N) is 2. The predicted octanol–water partition coefficient (Wildman–Crippen LogP) is 4.04. The molecule has 0 fully saturated rings. The fourth-order valence-corrected chi connectivity index (χ4v) is 2.51. The van der Waals surface area contributed by atoms with Gasteiger partial charge in [0.05, 0.1) is 11.9 Å². The molecule has 0 aliphatic rings. The molecule has 1 aromatic rings. The molecule has 0 aromatic carbocycles. The number of halogens is 1. The van der Waals surface area contributed by atoms with E-state index in [2.05, 4.69) is 40.2 Å². The Hall–Kier alpha value is -0.840. The van der Waals surface area contributed by atoms with Crippen molar-refractivity contribution >= 4 is 21.6 Å². The molecule has 0 aliphatic carbocycles. The molecule has 20 heavy (non-hydrogen) atoms. The number of hydrogen-bond donors (Lipinski definition) is 1. The summed E-state index contributed by atoms with van der Waals surface area (Å²) in [6.07, 6.45) is 8.00. The van der Waals surface area contributed by atoms with E-state index in [1.165, 1.54) is 30.4 Å². The molecule has 1 N–H and O–H groups in total. The van der Waals surface area contributed by atoms with Crippen molar-refractivity contribution in [1.29, 1.82) is 0 Å². The topological polar surface area (TPSA) is 46.9 Å². The molecule has 5 heteroatoms. The van der Waals surface area contributed by atoms with Gasteiger partial charge in [0.15, 0.2) is 0 Å². The lowest BCUT2D eigenvalue weighted by molar-refractivity contribution is 0.523. The fourth-order valence-electron chi connectivity index (χ4n) is 2.07. The van der Waals surface area contributed by atoms with Crippen LogP contribution in [0.15, 0.2) is 15.5 Å². The molecule has 0 atom stereocenters. The van der Waals surface area contributed by atoms with Crippen LogP contribution >= 0.6 is 15.9 Å². The second-order valence-corrected chi connectivity index (χ2v) is 6.31. The molecule has 0 amide bonds. The minimum Gasteiger partial charge on any atom is -0.383 e. The molecular weight excluding hydrogens is 318 g/mol. The van der Waals surface area contributed by atoms with Gasteiger partial charge < -0.3 is 5.32 Å². The van der Waals surface area contributed by atoms with Crippen molar-refractivity contribution in [3.8, 4) is 0 Å². The molecule has 0 spiro atoms. The maximum absolute atomic E-state index is 11.9. The minimum atomic E-state index is -0.0746. The number of aryl methyl sites for hydroxylation is 1. The summed E-state index contributed by atoms with van der Waals surface area (Å²) < 4.78 is 2.02. The first kappa shape index (κ1) is 17.2. The van der Waals surface area contributed by atoms with Crippen LogP contribution in [0.25, 0.3) is 0 Å². The van der Waals surface area contributed by atoms with Crippen LogP contribution in [-0.4, -0.2) is 16.3 Å². The first-order valence-electron chi connectivity index (χ1n) is 7.55. The summed E-state index contributed by atoms with van der Waals surface area (Å²) in [7, 11) is 0. The smallest absolute Gasteiger partial charge is 0.283 e. The summed E-state index contributed by atoms with van der Waals surface area (Å²) in [6, 6.07) is 0. The molecule has 0 aliphatic heterocycles. The van der Waals surface area contributed by atoms with E-state index in [-0.39, 0.29) is 5.56 Å². The van der Waals surface area contributed by atoms with Crippen LogP contribution in [0.1, 0.15) is 52.9 Å². The highest BCUT2D eigenvalue weighted by atomic mass is 79.9. The van der Waals surface area contributed by atoms with Gasteiger partial charge in [0.1, 0.15) is 4.47 Å². The molecule has 0 unspecified atom stereocenters. The van der Waals surface area contributed by atoms with Crippen LogP contribution < -0.4 is 10.9 Å². The van der Waals surface area contributed by atoms with E-state index in [0.717, 1.165) is 24.6 Å². The first-order chi connectivity index (χ1) is 9.56. The molecule has 1 rings (SSSR count). The van der Waals surface area contributed by atoms with Crippen molar-refractivity contribution in [3.63, 3.8) is 0 Å². The highest BCUT2D eigenvalue weighted by Crippen LogP contribution is 2.16. The Kier molecular flexibility index (Phi) is 7.88. The van der Waals surface area contributed by atoms with Crippen molar-refractivity contribution in [2.45, 2.75) is 59.4 Å². The molecule has 4 nitrogen and oxygen atoms in total. The monoisotopic (exact) mass is 343 g/mol. The Bertz CT molecular complexity index is 457. The van der Waals surface area contributed by atoms with Gasteiger partial charge in [0.2, 0.25) is 0 Å². The summed E-state index contributed by atoms with van der Waals surface area (Å²) >= 11 is 3.35. The standard InChI is InChI=1S/C15H26BrN3O/c1-4-19-15(20)14(16)13(11-18-19)17-10-8-6-5-7-9-12(2)3/h11-12,17H,4-10H2,1-3H3. The van der Waals surface area contributed by atoms with Crippen molar-refractivity contribution in [1.82, 2.24) is 9.78 Å². The van der Waals surface area contributed by atoms with Crippen LogP contribution in [0.3, 0.4) is 0 Å². The third-order valence-electron chi connectivity index (χ3n) is 3.31. The van der Waals surface area contributed by atoms with Gasteiger partial charge in [-0.05, 0) is 35.2 Å². The molecule has 0 saturated carbocycles. The number of unbranched alkanes of at least 4 members (excludes halogenated alkanes) is 3. The largest absolute Gasteiger partial charge is 0.383 e. The van der Waals surface area contributed by atoms with E-state index in [1.807, 2.05) is 6.92 Å². The Morgan fingerprint density at radius 1 is 1.30 bits per heavy atom. The molecule has 0 bridgehead atoms.